The second kappa shape index (κ2) is 6.25. The molecule has 0 aliphatic rings. The van der Waals surface area contributed by atoms with Crippen LogP contribution < -0.4 is 15.8 Å². The van der Waals surface area contributed by atoms with Crippen LogP contribution in [0, 0.1) is 13.8 Å². The minimum atomic E-state index is -0.349. The van der Waals surface area contributed by atoms with Crippen LogP contribution >= 0.6 is 0 Å². The first kappa shape index (κ1) is 13.5. The first-order valence-electron chi connectivity index (χ1n) is 5.72. The summed E-state index contributed by atoms with van der Waals surface area (Å²) < 4.78 is 5.70. The lowest BCUT2D eigenvalue weighted by molar-refractivity contribution is -0.120. The first-order chi connectivity index (χ1) is 8.06. The molecule has 0 aromatic heterocycles. The molecule has 1 aromatic rings. The molecule has 1 unspecified atom stereocenters. The molecule has 0 aliphatic carbocycles. The number of carbonyl (C=O) groups excluding carboxylic acids is 1. The van der Waals surface area contributed by atoms with Gasteiger partial charge < -0.3 is 15.8 Å². The lowest BCUT2D eigenvalue weighted by Crippen LogP contribution is -2.40. The lowest BCUT2D eigenvalue weighted by Gasteiger charge is -2.15. The van der Waals surface area contributed by atoms with Crippen LogP contribution in [-0.4, -0.2) is 25.6 Å². The van der Waals surface area contributed by atoms with Crippen LogP contribution in [0.5, 0.6) is 5.75 Å². The van der Waals surface area contributed by atoms with E-state index in [0.717, 1.165) is 16.9 Å². The summed E-state index contributed by atoms with van der Waals surface area (Å²) in [6.45, 7) is 4.48. The van der Waals surface area contributed by atoms with E-state index in [9.17, 15) is 4.79 Å². The Morgan fingerprint density at radius 1 is 1.41 bits per heavy atom. The van der Waals surface area contributed by atoms with Crippen LogP contribution in [0.1, 0.15) is 17.5 Å². The van der Waals surface area contributed by atoms with Gasteiger partial charge in [0, 0.05) is 6.42 Å². The average molecular weight is 236 g/mol. The van der Waals surface area contributed by atoms with Crippen molar-refractivity contribution in [2.75, 3.05) is 13.7 Å². The van der Waals surface area contributed by atoms with Crippen LogP contribution in [0.4, 0.5) is 0 Å². The van der Waals surface area contributed by atoms with Gasteiger partial charge in [0.2, 0.25) is 5.91 Å². The zero-order valence-corrected chi connectivity index (χ0v) is 10.6. The normalized spacial score (nSPS) is 12.2. The number of primary amides is 1. The molecule has 1 atom stereocenters. The van der Waals surface area contributed by atoms with Gasteiger partial charge in [0.05, 0.1) is 12.6 Å². The van der Waals surface area contributed by atoms with E-state index in [1.165, 1.54) is 0 Å². The van der Waals surface area contributed by atoms with Crippen molar-refractivity contribution < 1.29 is 9.53 Å². The SMILES string of the molecule is CNC(CCOc1c(C)cccc1C)C(N)=O. The molecule has 0 aliphatic heterocycles. The van der Waals surface area contributed by atoms with E-state index in [-0.39, 0.29) is 11.9 Å². The molecule has 94 valence electrons. The number of nitrogens with one attached hydrogen (secondary N) is 1. The van der Waals surface area contributed by atoms with Crippen molar-refractivity contribution in [1.29, 1.82) is 0 Å². The van der Waals surface area contributed by atoms with Gasteiger partial charge in [-0.3, -0.25) is 4.79 Å². The Balaban J connectivity index is 2.54. The molecule has 0 bridgehead atoms. The highest BCUT2D eigenvalue weighted by Gasteiger charge is 2.12. The lowest BCUT2D eigenvalue weighted by atomic mass is 10.1. The van der Waals surface area contributed by atoms with Crippen LogP contribution in [0.2, 0.25) is 0 Å². The van der Waals surface area contributed by atoms with Gasteiger partial charge in [0.15, 0.2) is 0 Å². The highest BCUT2D eigenvalue weighted by atomic mass is 16.5. The second-order valence-corrected chi connectivity index (χ2v) is 4.10. The molecule has 1 amide bonds. The third kappa shape index (κ3) is 3.75. The summed E-state index contributed by atoms with van der Waals surface area (Å²) in [5, 5.41) is 2.86. The summed E-state index contributed by atoms with van der Waals surface area (Å²) in [6.07, 6.45) is 0.569. The number of likely N-dealkylation sites (N-methyl/N-ethyl adjacent to an activating group) is 1. The second-order valence-electron chi connectivity index (χ2n) is 4.10. The van der Waals surface area contributed by atoms with E-state index in [2.05, 4.69) is 5.32 Å². The van der Waals surface area contributed by atoms with Gasteiger partial charge in [-0.1, -0.05) is 18.2 Å². The molecular formula is C13H20N2O2. The molecule has 0 saturated heterocycles. The average Bonchev–Trinajstić information content (AvgIpc) is 2.27. The fourth-order valence-corrected chi connectivity index (χ4v) is 1.73. The number of hydrogen-bond acceptors (Lipinski definition) is 3. The number of amides is 1. The van der Waals surface area contributed by atoms with Crippen LogP contribution in [0.15, 0.2) is 18.2 Å². The Hall–Kier alpha value is -1.55. The molecule has 0 heterocycles. The molecule has 1 aromatic carbocycles. The summed E-state index contributed by atoms with van der Waals surface area (Å²) in [7, 11) is 1.72. The van der Waals surface area contributed by atoms with E-state index in [1.807, 2.05) is 32.0 Å². The number of benzene rings is 1. The molecule has 4 heteroatoms. The van der Waals surface area contributed by atoms with Gasteiger partial charge in [0.25, 0.3) is 0 Å². The van der Waals surface area contributed by atoms with Crippen LogP contribution in [0.25, 0.3) is 0 Å². The Morgan fingerprint density at radius 2 is 2.00 bits per heavy atom. The van der Waals surface area contributed by atoms with E-state index >= 15 is 0 Å². The number of hydrogen-bond donors (Lipinski definition) is 2. The van der Waals surface area contributed by atoms with E-state index < -0.39 is 0 Å². The minimum absolute atomic E-state index is 0.334. The number of aryl methyl sites for hydroxylation is 2. The monoisotopic (exact) mass is 236 g/mol. The zero-order valence-electron chi connectivity index (χ0n) is 10.6. The van der Waals surface area contributed by atoms with Crippen molar-refractivity contribution in [3.8, 4) is 5.75 Å². The van der Waals surface area contributed by atoms with Gasteiger partial charge in [-0.25, -0.2) is 0 Å². The van der Waals surface area contributed by atoms with E-state index in [0.29, 0.717) is 13.0 Å². The first-order valence-corrected chi connectivity index (χ1v) is 5.72. The maximum atomic E-state index is 11.0. The van der Waals surface area contributed by atoms with Gasteiger partial charge in [-0.2, -0.15) is 0 Å². The van der Waals surface area contributed by atoms with Gasteiger partial charge in [-0.05, 0) is 32.0 Å². The molecule has 0 radical (unpaired) electrons. The van der Waals surface area contributed by atoms with Crippen LogP contribution in [-0.2, 0) is 4.79 Å². The standard InChI is InChI=1S/C13H20N2O2/c1-9-5-4-6-10(2)12(9)17-8-7-11(15-3)13(14)16/h4-6,11,15H,7-8H2,1-3H3,(H2,14,16). The van der Waals surface area contributed by atoms with Crippen molar-refractivity contribution in [3.05, 3.63) is 29.3 Å². The highest BCUT2D eigenvalue weighted by molar-refractivity contribution is 5.79. The Morgan fingerprint density at radius 3 is 2.47 bits per heavy atom. The zero-order chi connectivity index (χ0) is 12.8. The van der Waals surface area contributed by atoms with Gasteiger partial charge in [-0.15, -0.1) is 0 Å². The van der Waals surface area contributed by atoms with Crippen LogP contribution in [0.3, 0.4) is 0 Å². The number of para-hydroxylation sites is 1. The van der Waals surface area contributed by atoms with E-state index in [4.69, 9.17) is 10.5 Å². The molecular weight excluding hydrogens is 216 g/mol. The van der Waals surface area contributed by atoms with Gasteiger partial charge in [0.1, 0.15) is 5.75 Å². The van der Waals surface area contributed by atoms with Crippen molar-refractivity contribution in [3.63, 3.8) is 0 Å². The predicted octanol–water partition coefficient (Wildman–Crippen LogP) is 1.15. The minimum Gasteiger partial charge on any atom is -0.493 e. The third-order valence-electron chi connectivity index (χ3n) is 2.75. The summed E-state index contributed by atoms with van der Waals surface area (Å²) in [5.74, 6) is 0.546. The fourth-order valence-electron chi connectivity index (χ4n) is 1.73. The molecule has 4 nitrogen and oxygen atoms in total. The fraction of sp³-hybridized carbons (Fsp3) is 0.462. The summed E-state index contributed by atoms with van der Waals surface area (Å²) >= 11 is 0. The number of nitrogens with two attached hydrogens (primary N) is 1. The third-order valence-corrected chi connectivity index (χ3v) is 2.75. The van der Waals surface area contributed by atoms with Crippen molar-refractivity contribution in [1.82, 2.24) is 5.32 Å². The number of carbonyl (C=O) groups is 1. The van der Waals surface area contributed by atoms with Gasteiger partial charge >= 0.3 is 0 Å². The Bertz CT molecular complexity index is 371. The molecule has 17 heavy (non-hydrogen) atoms. The van der Waals surface area contributed by atoms with Crippen molar-refractivity contribution in [2.24, 2.45) is 5.73 Å². The van der Waals surface area contributed by atoms with Crippen molar-refractivity contribution in [2.45, 2.75) is 26.3 Å². The molecule has 0 spiro atoms. The number of ether oxygens (including phenoxy) is 1. The Labute approximate surface area is 102 Å². The quantitative estimate of drug-likeness (QED) is 0.778. The molecule has 0 fully saturated rings. The molecule has 3 N–H and O–H groups in total. The summed E-state index contributed by atoms with van der Waals surface area (Å²) in [6, 6.07) is 5.68. The molecule has 0 saturated carbocycles. The summed E-state index contributed by atoms with van der Waals surface area (Å²) in [5.41, 5.74) is 7.43. The largest absolute Gasteiger partial charge is 0.493 e. The Kier molecular flexibility index (Phi) is 4.97. The predicted molar refractivity (Wildman–Crippen MR) is 68.1 cm³/mol. The summed E-state index contributed by atoms with van der Waals surface area (Å²) in [4.78, 5) is 11.0. The molecule has 1 rings (SSSR count). The van der Waals surface area contributed by atoms with Crippen molar-refractivity contribution >= 4 is 5.91 Å². The topological polar surface area (TPSA) is 64.3 Å². The smallest absolute Gasteiger partial charge is 0.234 e. The highest BCUT2D eigenvalue weighted by Crippen LogP contribution is 2.22. The maximum Gasteiger partial charge on any atom is 0.234 e. The maximum absolute atomic E-state index is 11.0. The van der Waals surface area contributed by atoms with E-state index in [1.54, 1.807) is 7.05 Å². The number of rotatable bonds is 6.